The van der Waals surface area contributed by atoms with Crippen molar-refractivity contribution in [2.45, 2.75) is 46.0 Å². The smallest absolute Gasteiger partial charge is 0.125 e. The van der Waals surface area contributed by atoms with Gasteiger partial charge in [-0.3, -0.25) is 4.68 Å². The predicted molar refractivity (Wildman–Crippen MR) is 85.8 cm³/mol. The predicted octanol–water partition coefficient (Wildman–Crippen LogP) is 3.92. The van der Waals surface area contributed by atoms with E-state index in [2.05, 4.69) is 57.1 Å². The van der Waals surface area contributed by atoms with Crippen molar-refractivity contribution in [3.63, 3.8) is 0 Å². The summed E-state index contributed by atoms with van der Waals surface area (Å²) in [6, 6.07) is 8.69. The standard InChI is InChI=1S/C17H25N3/c1-6-7-14-15(19-20(5)16(14)18)12-8-10-13(11-9-12)17(2,3)4/h8-11H,6-7,18H2,1-5H3. The van der Waals surface area contributed by atoms with Gasteiger partial charge in [0.1, 0.15) is 5.82 Å². The Bertz CT molecular complexity index is 586. The van der Waals surface area contributed by atoms with E-state index < -0.39 is 0 Å². The van der Waals surface area contributed by atoms with E-state index in [1.165, 1.54) is 11.1 Å². The first-order valence-corrected chi connectivity index (χ1v) is 7.27. The van der Waals surface area contributed by atoms with Crippen LogP contribution < -0.4 is 5.73 Å². The molecule has 0 fully saturated rings. The van der Waals surface area contributed by atoms with Crippen LogP contribution in [0.15, 0.2) is 24.3 Å². The maximum absolute atomic E-state index is 6.13. The summed E-state index contributed by atoms with van der Waals surface area (Å²) < 4.78 is 1.78. The van der Waals surface area contributed by atoms with Crippen LogP contribution in [0.3, 0.4) is 0 Å². The number of hydrogen-bond donors (Lipinski definition) is 1. The van der Waals surface area contributed by atoms with Crippen LogP contribution in [0.25, 0.3) is 11.3 Å². The Morgan fingerprint density at radius 3 is 2.25 bits per heavy atom. The number of nitrogens with zero attached hydrogens (tertiary/aromatic N) is 2. The molecule has 3 heteroatoms. The number of aromatic nitrogens is 2. The number of nitrogens with two attached hydrogens (primary N) is 1. The van der Waals surface area contributed by atoms with Gasteiger partial charge < -0.3 is 5.73 Å². The number of anilines is 1. The van der Waals surface area contributed by atoms with Crippen LogP contribution in [0.2, 0.25) is 0 Å². The zero-order valence-electron chi connectivity index (χ0n) is 13.2. The molecule has 0 saturated carbocycles. The molecule has 2 rings (SSSR count). The molecule has 0 bridgehead atoms. The van der Waals surface area contributed by atoms with E-state index in [1.807, 2.05) is 7.05 Å². The average molecular weight is 271 g/mol. The second kappa shape index (κ2) is 5.31. The Hall–Kier alpha value is -1.77. The zero-order valence-corrected chi connectivity index (χ0v) is 13.2. The quantitative estimate of drug-likeness (QED) is 0.919. The fourth-order valence-corrected chi connectivity index (χ4v) is 2.44. The summed E-state index contributed by atoms with van der Waals surface area (Å²) in [5, 5.41) is 4.58. The lowest BCUT2D eigenvalue weighted by Gasteiger charge is -2.19. The average Bonchev–Trinajstić information content (AvgIpc) is 2.67. The van der Waals surface area contributed by atoms with Gasteiger partial charge >= 0.3 is 0 Å². The largest absolute Gasteiger partial charge is 0.384 e. The third-order valence-electron chi connectivity index (χ3n) is 3.72. The van der Waals surface area contributed by atoms with Crippen LogP contribution in [0.1, 0.15) is 45.2 Å². The van der Waals surface area contributed by atoms with Gasteiger partial charge in [-0.2, -0.15) is 5.10 Å². The topological polar surface area (TPSA) is 43.8 Å². The lowest BCUT2D eigenvalue weighted by atomic mass is 9.86. The minimum absolute atomic E-state index is 0.175. The highest BCUT2D eigenvalue weighted by molar-refractivity contribution is 5.68. The van der Waals surface area contributed by atoms with E-state index in [0.29, 0.717) is 0 Å². The van der Waals surface area contributed by atoms with E-state index in [4.69, 9.17) is 5.73 Å². The van der Waals surface area contributed by atoms with E-state index in [0.717, 1.165) is 29.9 Å². The summed E-state index contributed by atoms with van der Waals surface area (Å²) in [4.78, 5) is 0. The Morgan fingerprint density at radius 2 is 1.75 bits per heavy atom. The SMILES string of the molecule is CCCc1c(-c2ccc(C(C)(C)C)cc2)nn(C)c1N. The molecule has 2 aromatic rings. The van der Waals surface area contributed by atoms with E-state index in [1.54, 1.807) is 4.68 Å². The van der Waals surface area contributed by atoms with Gasteiger partial charge in [-0.1, -0.05) is 58.4 Å². The Balaban J connectivity index is 2.44. The number of rotatable bonds is 3. The normalized spacial score (nSPS) is 11.8. The summed E-state index contributed by atoms with van der Waals surface area (Å²) in [5.74, 6) is 0.779. The van der Waals surface area contributed by atoms with Crippen LogP contribution in [0.5, 0.6) is 0 Å². The molecule has 0 aliphatic heterocycles. The molecule has 20 heavy (non-hydrogen) atoms. The minimum atomic E-state index is 0.175. The first-order chi connectivity index (χ1) is 9.34. The van der Waals surface area contributed by atoms with E-state index in [-0.39, 0.29) is 5.41 Å². The highest BCUT2D eigenvalue weighted by Gasteiger charge is 2.17. The number of benzene rings is 1. The van der Waals surface area contributed by atoms with Crippen LogP contribution in [-0.2, 0) is 18.9 Å². The van der Waals surface area contributed by atoms with Gasteiger partial charge in [0.05, 0.1) is 5.69 Å². The molecule has 1 aromatic heterocycles. The molecule has 3 nitrogen and oxygen atoms in total. The van der Waals surface area contributed by atoms with E-state index >= 15 is 0 Å². The highest BCUT2D eigenvalue weighted by atomic mass is 15.3. The molecule has 2 N–H and O–H groups in total. The fourth-order valence-electron chi connectivity index (χ4n) is 2.44. The molecule has 0 spiro atoms. The monoisotopic (exact) mass is 271 g/mol. The molecular weight excluding hydrogens is 246 g/mol. The van der Waals surface area contributed by atoms with Crippen molar-refractivity contribution >= 4 is 5.82 Å². The number of nitrogen functional groups attached to an aromatic ring is 1. The van der Waals surface area contributed by atoms with Crippen molar-refractivity contribution in [1.82, 2.24) is 9.78 Å². The van der Waals surface area contributed by atoms with Crippen molar-refractivity contribution in [2.24, 2.45) is 7.05 Å². The lowest BCUT2D eigenvalue weighted by Crippen LogP contribution is -2.10. The second-order valence-electron chi connectivity index (χ2n) is 6.41. The van der Waals surface area contributed by atoms with Gasteiger partial charge in [0, 0.05) is 18.2 Å². The van der Waals surface area contributed by atoms with Gasteiger partial charge in [-0.05, 0) is 17.4 Å². The fraction of sp³-hybridized carbons (Fsp3) is 0.471. The van der Waals surface area contributed by atoms with Crippen molar-refractivity contribution in [3.8, 4) is 11.3 Å². The summed E-state index contributed by atoms with van der Waals surface area (Å²) in [5.41, 5.74) is 11.0. The summed E-state index contributed by atoms with van der Waals surface area (Å²) in [6.45, 7) is 8.84. The Kier molecular flexibility index (Phi) is 3.89. The maximum atomic E-state index is 6.13. The van der Waals surface area contributed by atoms with Gasteiger partial charge in [0.2, 0.25) is 0 Å². The van der Waals surface area contributed by atoms with Crippen LogP contribution >= 0.6 is 0 Å². The van der Waals surface area contributed by atoms with Gasteiger partial charge in [0.25, 0.3) is 0 Å². The molecular formula is C17H25N3. The first-order valence-electron chi connectivity index (χ1n) is 7.27. The van der Waals surface area contributed by atoms with Gasteiger partial charge in [-0.15, -0.1) is 0 Å². The Labute approximate surface area is 121 Å². The molecule has 0 aliphatic rings. The molecule has 0 atom stereocenters. The van der Waals surface area contributed by atoms with Gasteiger partial charge in [-0.25, -0.2) is 0 Å². The van der Waals surface area contributed by atoms with Crippen molar-refractivity contribution in [1.29, 1.82) is 0 Å². The van der Waals surface area contributed by atoms with Crippen LogP contribution in [0, 0.1) is 0 Å². The zero-order chi connectivity index (χ0) is 14.9. The Morgan fingerprint density at radius 1 is 1.15 bits per heavy atom. The number of aryl methyl sites for hydroxylation is 1. The van der Waals surface area contributed by atoms with Crippen molar-refractivity contribution in [2.75, 3.05) is 5.73 Å². The van der Waals surface area contributed by atoms with Crippen molar-refractivity contribution in [3.05, 3.63) is 35.4 Å². The molecule has 0 aliphatic carbocycles. The molecule has 0 unspecified atom stereocenters. The molecule has 108 valence electrons. The molecule has 0 amide bonds. The third-order valence-corrected chi connectivity index (χ3v) is 3.72. The third kappa shape index (κ3) is 2.72. The molecule has 1 aromatic carbocycles. The van der Waals surface area contributed by atoms with Crippen molar-refractivity contribution < 1.29 is 0 Å². The van der Waals surface area contributed by atoms with E-state index in [9.17, 15) is 0 Å². The highest BCUT2D eigenvalue weighted by Crippen LogP contribution is 2.30. The van der Waals surface area contributed by atoms with Crippen LogP contribution in [-0.4, -0.2) is 9.78 Å². The van der Waals surface area contributed by atoms with Gasteiger partial charge in [0.15, 0.2) is 0 Å². The molecule has 0 saturated heterocycles. The molecule has 1 heterocycles. The lowest BCUT2D eigenvalue weighted by molar-refractivity contribution is 0.590. The first kappa shape index (κ1) is 14.6. The number of hydrogen-bond acceptors (Lipinski definition) is 2. The minimum Gasteiger partial charge on any atom is -0.384 e. The maximum Gasteiger partial charge on any atom is 0.125 e. The summed E-state index contributed by atoms with van der Waals surface area (Å²) in [6.07, 6.45) is 2.04. The second-order valence-corrected chi connectivity index (χ2v) is 6.41. The van der Waals surface area contributed by atoms with Crippen LogP contribution in [0.4, 0.5) is 5.82 Å². The molecule has 0 radical (unpaired) electrons. The summed E-state index contributed by atoms with van der Waals surface area (Å²) in [7, 11) is 1.90. The summed E-state index contributed by atoms with van der Waals surface area (Å²) >= 11 is 0.